The SMILES string of the molecule is COc1ccccc1N1CCN(CC(=O)Nc2c3c(nc4c2CCC4)CCCC3)CC1.COc1ccccc1N1CCN(CC(=O)Nc2c3c(nc4c2CCC4)CCCC3)CC1.O=C(O)C(=O)O.O=C(O)C(=O)O.O=C(O)C(=O)O. The van der Waals surface area contributed by atoms with Crippen LogP contribution >= 0.6 is 0 Å². The number of carboxylic acid groups (broad SMARTS) is 6. The molecule has 10 rings (SSSR count). The van der Waals surface area contributed by atoms with Gasteiger partial charge in [-0.1, -0.05) is 24.3 Å². The summed E-state index contributed by atoms with van der Waals surface area (Å²) in [5.41, 5.74) is 14.6. The fourth-order valence-electron chi connectivity index (χ4n) is 10.6. The van der Waals surface area contributed by atoms with E-state index in [1.165, 1.54) is 70.7 Å². The Morgan fingerprint density at radius 2 is 0.688 bits per heavy atom. The molecule has 0 unspecified atom stereocenters. The van der Waals surface area contributed by atoms with E-state index in [1.54, 1.807) is 14.2 Å². The Labute approximate surface area is 462 Å². The second kappa shape index (κ2) is 29.6. The summed E-state index contributed by atoms with van der Waals surface area (Å²) in [4.78, 5) is 99.7. The van der Waals surface area contributed by atoms with Gasteiger partial charge in [-0.15, -0.1) is 0 Å². The summed E-state index contributed by atoms with van der Waals surface area (Å²) in [7, 11) is 3.43. The molecule has 2 aliphatic heterocycles. The van der Waals surface area contributed by atoms with Crippen LogP contribution in [0.25, 0.3) is 0 Å². The summed E-state index contributed by atoms with van der Waals surface area (Å²) < 4.78 is 11.0. The van der Waals surface area contributed by atoms with E-state index in [0.29, 0.717) is 13.1 Å². The van der Waals surface area contributed by atoms with E-state index in [-0.39, 0.29) is 11.8 Å². The van der Waals surface area contributed by atoms with Crippen molar-refractivity contribution in [1.29, 1.82) is 0 Å². The highest BCUT2D eigenvalue weighted by Crippen LogP contribution is 2.38. The summed E-state index contributed by atoms with van der Waals surface area (Å²) in [5.74, 6) is -8.91. The monoisotopic (exact) mass is 1110 g/mol. The van der Waals surface area contributed by atoms with Gasteiger partial charge in [0.15, 0.2) is 0 Å². The number of hydrogen-bond acceptors (Lipinski definition) is 16. The maximum atomic E-state index is 13.0. The molecule has 24 nitrogen and oxygen atoms in total. The van der Waals surface area contributed by atoms with Crippen LogP contribution in [0.2, 0.25) is 0 Å². The van der Waals surface area contributed by atoms with Crippen LogP contribution in [-0.4, -0.2) is 178 Å². The molecular weight excluding hydrogens is 1040 g/mol. The highest BCUT2D eigenvalue weighted by Gasteiger charge is 2.29. The summed E-state index contributed by atoms with van der Waals surface area (Å²) in [6.45, 7) is 7.98. The molecule has 24 heteroatoms. The number of carbonyl (C=O) groups is 8. The predicted octanol–water partition coefficient (Wildman–Crippen LogP) is 3.90. The predicted molar refractivity (Wildman–Crippen MR) is 292 cm³/mol. The number of hydrogen-bond donors (Lipinski definition) is 8. The molecule has 80 heavy (non-hydrogen) atoms. The Bertz CT molecular complexity index is 2650. The zero-order chi connectivity index (χ0) is 57.9. The van der Waals surface area contributed by atoms with Crippen molar-refractivity contribution in [1.82, 2.24) is 19.8 Å². The van der Waals surface area contributed by atoms with Gasteiger partial charge in [0.1, 0.15) is 11.5 Å². The topological polar surface area (TPSA) is 339 Å². The molecule has 2 aromatic heterocycles. The van der Waals surface area contributed by atoms with E-state index in [1.807, 2.05) is 36.4 Å². The van der Waals surface area contributed by atoms with E-state index in [0.717, 1.165) is 151 Å². The molecule has 430 valence electrons. The van der Waals surface area contributed by atoms with E-state index >= 15 is 0 Å². The number of para-hydroxylation sites is 4. The van der Waals surface area contributed by atoms with Crippen LogP contribution in [0.4, 0.5) is 22.7 Å². The number of nitrogens with one attached hydrogen (secondary N) is 2. The first kappa shape index (κ1) is 60.8. The average molecular weight is 1110 g/mol. The first-order chi connectivity index (χ1) is 38.4. The lowest BCUT2D eigenvalue weighted by Crippen LogP contribution is -2.48. The van der Waals surface area contributed by atoms with Crippen molar-refractivity contribution in [2.24, 2.45) is 0 Å². The minimum absolute atomic E-state index is 0.110. The zero-order valence-corrected chi connectivity index (χ0v) is 45.0. The quantitative estimate of drug-likeness (QED) is 0.104. The molecule has 0 bridgehead atoms. The van der Waals surface area contributed by atoms with Gasteiger partial charge in [-0.05, 0) is 136 Å². The minimum Gasteiger partial charge on any atom is -0.495 e. The number of aryl methyl sites for hydroxylation is 4. The van der Waals surface area contributed by atoms with Crippen molar-refractivity contribution in [2.45, 2.75) is 89.9 Å². The van der Waals surface area contributed by atoms with Gasteiger partial charge in [-0.2, -0.15) is 0 Å². The lowest BCUT2D eigenvalue weighted by Gasteiger charge is -2.36. The Morgan fingerprint density at radius 1 is 0.412 bits per heavy atom. The number of fused-ring (bicyclic) bond motifs is 4. The first-order valence-electron chi connectivity index (χ1n) is 26.6. The second-order valence-corrected chi connectivity index (χ2v) is 19.6. The van der Waals surface area contributed by atoms with Crippen LogP contribution < -0.4 is 29.9 Å². The molecule has 6 aliphatic rings. The molecule has 4 heterocycles. The number of amides is 2. The number of methoxy groups -OCH3 is 2. The fourth-order valence-corrected chi connectivity index (χ4v) is 10.6. The molecular formula is C56H70N8O16. The molecule has 2 fully saturated rings. The maximum absolute atomic E-state index is 13.0. The number of carbonyl (C=O) groups excluding carboxylic acids is 2. The third-order valence-corrected chi connectivity index (χ3v) is 14.4. The highest BCUT2D eigenvalue weighted by atomic mass is 16.5. The first-order valence-corrected chi connectivity index (χ1v) is 26.6. The molecule has 8 N–H and O–H groups in total. The Balaban J connectivity index is 0.000000198. The molecule has 4 aromatic rings. The van der Waals surface area contributed by atoms with Crippen molar-refractivity contribution in [3.05, 3.63) is 93.6 Å². The largest absolute Gasteiger partial charge is 0.495 e. The third-order valence-electron chi connectivity index (χ3n) is 14.4. The second-order valence-electron chi connectivity index (χ2n) is 19.6. The number of benzene rings is 2. The van der Waals surface area contributed by atoms with Crippen molar-refractivity contribution in [3.63, 3.8) is 0 Å². The zero-order valence-electron chi connectivity index (χ0n) is 45.0. The lowest BCUT2D eigenvalue weighted by atomic mass is 9.92. The minimum atomic E-state index is -1.82. The maximum Gasteiger partial charge on any atom is 0.414 e. The summed E-state index contributed by atoms with van der Waals surface area (Å²) in [6, 6.07) is 16.3. The van der Waals surface area contributed by atoms with Crippen LogP contribution in [0.15, 0.2) is 48.5 Å². The number of aliphatic carboxylic acids is 6. The van der Waals surface area contributed by atoms with Crippen molar-refractivity contribution in [3.8, 4) is 11.5 Å². The van der Waals surface area contributed by atoms with Gasteiger partial charge in [0, 0.05) is 75.1 Å². The van der Waals surface area contributed by atoms with Gasteiger partial charge in [0.25, 0.3) is 0 Å². The van der Waals surface area contributed by atoms with Crippen molar-refractivity contribution in [2.75, 3.05) is 100 Å². The summed E-state index contributed by atoms with van der Waals surface area (Å²) in [6.07, 6.45) is 15.5. The van der Waals surface area contributed by atoms with Gasteiger partial charge < -0.3 is 60.5 Å². The standard InChI is InChI=1S/2C25H32N4O2.3C2H2O4/c2*1-31-23-12-5-4-11-22(23)29-15-13-28(14-16-29)17-24(30)27-25-18-7-2-3-9-20(18)26-21-10-6-8-19(21)25;3*3-1(4)2(5)6/h2*4-5,11-12H,2-3,6-10,13-17H2,1H3,(H,26,27,30);3*(H,3,4)(H,5,6). The fraction of sp³-hybridized carbons (Fsp3) is 0.464. The number of aromatic nitrogens is 2. The number of nitrogens with zero attached hydrogens (tertiary/aromatic N) is 6. The summed E-state index contributed by atoms with van der Waals surface area (Å²) >= 11 is 0. The Hall–Kier alpha value is -8.38. The van der Waals surface area contributed by atoms with Gasteiger partial charge in [0.05, 0.1) is 50.1 Å². The number of carboxylic acids is 6. The molecule has 4 aliphatic carbocycles. The molecule has 2 aromatic carbocycles. The molecule has 2 saturated heterocycles. The average Bonchev–Trinajstić information content (AvgIpc) is 4.16. The Kier molecular flexibility index (Phi) is 22.5. The normalized spacial score (nSPS) is 15.9. The third kappa shape index (κ3) is 16.8. The molecule has 0 atom stereocenters. The molecule has 2 amide bonds. The summed E-state index contributed by atoms with van der Waals surface area (Å²) in [5, 5.41) is 51.0. The number of rotatable bonds is 10. The Morgan fingerprint density at radius 3 is 0.988 bits per heavy atom. The van der Waals surface area contributed by atoms with Gasteiger partial charge in [-0.25, -0.2) is 28.8 Å². The van der Waals surface area contributed by atoms with E-state index in [2.05, 4.69) is 42.4 Å². The number of piperazine rings is 2. The number of ether oxygens (including phenoxy) is 2. The van der Waals surface area contributed by atoms with Gasteiger partial charge in [-0.3, -0.25) is 29.4 Å². The van der Waals surface area contributed by atoms with E-state index in [4.69, 9.17) is 78.8 Å². The highest BCUT2D eigenvalue weighted by molar-refractivity contribution is 6.28. The number of anilines is 4. The molecule has 0 saturated carbocycles. The molecule has 0 spiro atoms. The van der Waals surface area contributed by atoms with Crippen LogP contribution in [-0.2, 0) is 89.7 Å². The smallest absolute Gasteiger partial charge is 0.414 e. The van der Waals surface area contributed by atoms with Crippen LogP contribution in [0, 0.1) is 0 Å². The van der Waals surface area contributed by atoms with Crippen molar-refractivity contribution >= 4 is 70.4 Å². The van der Waals surface area contributed by atoms with Crippen LogP contribution in [0.1, 0.15) is 83.6 Å². The van der Waals surface area contributed by atoms with Gasteiger partial charge >= 0.3 is 35.8 Å². The lowest BCUT2D eigenvalue weighted by molar-refractivity contribution is -0.159. The van der Waals surface area contributed by atoms with Crippen LogP contribution in [0.5, 0.6) is 11.5 Å². The van der Waals surface area contributed by atoms with Gasteiger partial charge in [0.2, 0.25) is 11.8 Å². The van der Waals surface area contributed by atoms with E-state index < -0.39 is 35.8 Å². The van der Waals surface area contributed by atoms with Crippen molar-refractivity contribution < 1.29 is 78.5 Å². The molecule has 0 radical (unpaired) electrons. The van der Waals surface area contributed by atoms with Crippen LogP contribution in [0.3, 0.4) is 0 Å². The van der Waals surface area contributed by atoms with E-state index in [9.17, 15) is 9.59 Å². The number of pyridine rings is 2.